The second-order valence-electron chi connectivity index (χ2n) is 4.36. The zero-order valence-corrected chi connectivity index (χ0v) is 10.2. The summed E-state index contributed by atoms with van der Waals surface area (Å²) in [5.41, 5.74) is 2.57. The Morgan fingerprint density at radius 1 is 1.50 bits per heavy atom. The normalized spacial score (nSPS) is 17.8. The number of hydrogen-bond acceptors (Lipinski definition) is 2. The molecule has 1 aromatic rings. The van der Waals surface area contributed by atoms with Gasteiger partial charge in [0.25, 0.3) is 0 Å². The Morgan fingerprint density at radius 2 is 2.19 bits per heavy atom. The Bertz CT molecular complexity index is 385. The summed E-state index contributed by atoms with van der Waals surface area (Å²) in [5, 5.41) is 8.84. The largest absolute Gasteiger partial charge is 0.481 e. The van der Waals surface area contributed by atoms with E-state index in [2.05, 4.69) is 18.2 Å². The van der Waals surface area contributed by atoms with E-state index in [9.17, 15) is 4.79 Å². The van der Waals surface area contributed by atoms with Gasteiger partial charge in [0.1, 0.15) is 0 Å². The van der Waals surface area contributed by atoms with Gasteiger partial charge in [0.05, 0.1) is 6.42 Å². The third kappa shape index (κ3) is 2.40. The van der Waals surface area contributed by atoms with E-state index in [1.165, 1.54) is 22.6 Å². The van der Waals surface area contributed by atoms with Crippen LogP contribution in [0.3, 0.4) is 0 Å². The summed E-state index contributed by atoms with van der Waals surface area (Å²) >= 11 is 1.96. The molecule has 0 bridgehead atoms. The first-order chi connectivity index (χ1) is 7.68. The third-order valence-electron chi connectivity index (χ3n) is 3.09. The highest BCUT2D eigenvalue weighted by Crippen LogP contribution is 2.38. The molecule has 1 saturated heterocycles. The molecule has 1 heterocycles. The van der Waals surface area contributed by atoms with Crippen LogP contribution in [-0.4, -0.2) is 22.6 Å². The van der Waals surface area contributed by atoms with Crippen molar-refractivity contribution in [3.8, 4) is 0 Å². The first-order valence-corrected chi connectivity index (χ1v) is 6.72. The number of carboxylic acids is 1. The van der Waals surface area contributed by atoms with Gasteiger partial charge in [-0.1, -0.05) is 31.2 Å². The van der Waals surface area contributed by atoms with E-state index in [0.717, 1.165) is 0 Å². The highest BCUT2D eigenvalue weighted by Gasteiger charge is 2.24. The molecule has 0 spiro atoms. The van der Waals surface area contributed by atoms with Crippen LogP contribution in [0.4, 0.5) is 0 Å². The van der Waals surface area contributed by atoms with Gasteiger partial charge in [-0.2, -0.15) is 11.8 Å². The Labute approximate surface area is 100 Å². The van der Waals surface area contributed by atoms with Crippen molar-refractivity contribution in [1.82, 2.24) is 0 Å². The first-order valence-electron chi connectivity index (χ1n) is 5.57. The molecule has 1 aromatic carbocycles. The zero-order valence-electron chi connectivity index (χ0n) is 9.35. The van der Waals surface area contributed by atoms with Crippen LogP contribution >= 0.6 is 11.8 Å². The molecule has 1 N–H and O–H groups in total. The Balaban J connectivity index is 2.21. The molecule has 0 amide bonds. The monoisotopic (exact) mass is 236 g/mol. The van der Waals surface area contributed by atoms with E-state index in [-0.39, 0.29) is 12.3 Å². The molecule has 1 atom stereocenters. The molecular formula is C13H16O2S. The number of rotatable bonds is 4. The molecule has 1 aliphatic rings. The maximum atomic E-state index is 10.7. The van der Waals surface area contributed by atoms with Crippen molar-refractivity contribution in [1.29, 1.82) is 0 Å². The van der Waals surface area contributed by atoms with Crippen molar-refractivity contribution in [3.05, 3.63) is 35.4 Å². The first kappa shape index (κ1) is 11.5. The topological polar surface area (TPSA) is 37.3 Å². The van der Waals surface area contributed by atoms with Crippen LogP contribution in [-0.2, 0) is 4.79 Å². The third-order valence-corrected chi connectivity index (χ3v) is 4.36. The molecule has 1 fully saturated rings. The lowest BCUT2D eigenvalue weighted by molar-refractivity contribution is -0.137. The molecular weight excluding hydrogens is 220 g/mol. The van der Waals surface area contributed by atoms with Gasteiger partial charge >= 0.3 is 5.97 Å². The SMILES string of the molecule is CC(CC(=O)O)c1ccccc1C1CSC1. The highest BCUT2D eigenvalue weighted by atomic mass is 32.2. The minimum Gasteiger partial charge on any atom is -0.481 e. The van der Waals surface area contributed by atoms with Crippen molar-refractivity contribution in [2.45, 2.75) is 25.2 Å². The lowest BCUT2D eigenvalue weighted by Gasteiger charge is -2.28. The fourth-order valence-corrected chi connectivity index (χ4v) is 2.95. The van der Waals surface area contributed by atoms with Gasteiger partial charge in [0.2, 0.25) is 0 Å². The fraction of sp³-hybridized carbons (Fsp3) is 0.462. The minimum atomic E-state index is -0.717. The van der Waals surface area contributed by atoms with Crippen molar-refractivity contribution < 1.29 is 9.90 Å². The minimum absolute atomic E-state index is 0.110. The van der Waals surface area contributed by atoms with E-state index in [1.807, 2.05) is 24.8 Å². The molecule has 0 radical (unpaired) electrons. The maximum Gasteiger partial charge on any atom is 0.303 e. The molecule has 3 heteroatoms. The van der Waals surface area contributed by atoms with Crippen LogP contribution < -0.4 is 0 Å². The summed E-state index contributed by atoms with van der Waals surface area (Å²) in [6, 6.07) is 8.28. The van der Waals surface area contributed by atoms with Gasteiger partial charge in [-0.3, -0.25) is 4.79 Å². The molecule has 0 saturated carbocycles. The number of hydrogen-bond donors (Lipinski definition) is 1. The summed E-state index contributed by atoms with van der Waals surface area (Å²) in [7, 11) is 0. The molecule has 0 aliphatic carbocycles. The molecule has 16 heavy (non-hydrogen) atoms. The second kappa shape index (κ2) is 4.91. The van der Waals surface area contributed by atoms with Crippen LogP contribution in [0.2, 0.25) is 0 Å². The summed E-state index contributed by atoms with van der Waals surface area (Å²) in [6.45, 7) is 2.00. The Hall–Kier alpha value is -0.960. The lowest BCUT2D eigenvalue weighted by Crippen LogP contribution is -2.18. The summed E-state index contributed by atoms with van der Waals surface area (Å²) in [4.78, 5) is 10.7. The van der Waals surface area contributed by atoms with Crippen LogP contribution in [0.25, 0.3) is 0 Å². The summed E-state index contributed by atoms with van der Waals surface area (Å²) in [5.74, 6) is 2.38. The molecule has 0 aromatic heterocycles. The van der Waals surface area contributed by atoms with Gasteiger partial charge in [0, 0.05) is 17.4 Å². The van der Waals surface area contributed by atoms with E-state index in [1.54, 1.807) is 0 Å². The van der Waals surface area contributed by atoms with Gasteiger partial charge in [-0.25, -0.2) is 0 Å². The molecule has 2 rings (SSSR count). The van der Waals surface area contributed by atoms with Gasteiger partial charge in [-0.05, 0) is 17.0 Å². The fourth-order valence-electron chi connectivity index (χ4n) is 2.12. The average Bonchev–Trinajstić information content (AvgIpc) is 2.14. The van der Waals surface area contributed by atoms with E-state index >= 15 is 0 Å². The van der Waals surface area contributed by atoms with Crippen LogP contribution in [0.1, 0.15) is 36.3 Å². The number of carboxylic acid groups (broad SMARTS) is 1. The van der Waals surface area contributed by atoms with Crippen molar-refractivity contribution in [3.63, 3.8) is 0 Å². The zero-order chi connectivity index (χ0) is 11.5. The van der Waals surface area contributed by atoms with Crippen molar-refractivity contribution >= 4 is 17.7 Å². The number of carbonyl (C=O) groups is 1. The molecule has 1 unspecified atom stereocenters. The van der Waals surface area contributed by atoms with Crippen LogP contribution in [0, 0.1) is 0 Å². The van der Waals surface area contributed by atoms with E-state index in [0.29, 0.717) is 5.92 Å². The number of thioether (sulfide) groups is 1. The van der Waals surface area contributed by atoms with E-state index in [4.69, 9.17) is 5.11 Å². The average molecular weight is 236 g/mol. The Kier molecular flexibility index (Phi) is 3.54. The van der Waals surface area contributed by atoms with Crippen LogP contribution in [0.15, 0.2) is 24.3 Å². The molecule has 86 valence electrons. The highest BCUT2D eigenvalue weighted by molar-refractivity contribution is 8.00. The van der Waals surface area contributed by atoms with Crippen LogP contribution in [0.5, 0.6) is 0 Å². The van der Waals surface area contributed by atoms with E-state index < -0.39 is 5.97 Å². The van der Waals surface area contributed by atoms with Crippen molar-refractivity contribution in [2.75, 3.05) is 11.5 Å². The van der Waals surface area contributed by atoms with Crippen molar-refractivity contribution in [2.24, 2.45) is 0 Å². The maximum absolute atomic E-state index is 10.7. The predicted molar refractivity (Wildman–Crippen MR) is 67.2 cm³/mol. The van der Waals surface area contributed by atoms with Gasteiger partial charge in [-0.15, -0.1) is 0 Å². The van der Waals surface area contributed by atoms with Gasteiger partial charge < -0.3 is 5.11 Å². The second-order valence-corrected chi connectivity index (χ2v) is 5.44. The smallest absolute Gasteiger partial charge is 0.303 e. The standard InChI is InChI=1S/C13H16O2S/c1-9(6-13(14)15)11-4-2-3-5-12(11)10-7-16-8-10/h2-5,9-10H,6-8H2,1H3,(H,14,15). The predicted octanol–water partition coefficient (Wildman–Crippen LogP) is 3.10. The number of aliphatic carboxylic acids is 1. The summed E-state index contributed by atoms with van der Waals surface area (Å²) in [6.07, 6.45) is 0.219. The molecule has 2 nitrogen and oxygen atoms in total. The quantitative estimate of drug-likeness (QED) is 0.872. The molecule has 1 aliphatic heterocycles. The lowest BCUT2D eigenvalue weighted by atomic mass is 9.88. The van der Waals surface area contributed by atoms with Gasteiger partial charge in [0.15, 0.2) is 0 Å². The number of benzene rings is 1. The Morgan fingerprint density at radius 3 is 2.75 bits per heavy atom. The summed E-state index contributed by atoms with van der Waals surface area (Å²) < 4.78 is 0.